The van der Waals surface area contributed by atoms with Gasteiger partial charge in [-0.15, -0.1) is 11.6 Å². The Morgan fingerprint density at radius 3 is 2.65 bits per heavy atom. The first-order valence-electron chi connectivity index (χ1n) is 5.56. The lowest BCUT2D eigenvalue weighted by Crippen LogP contribution is -2.19. The first kappa shape index (κ1) is 13.7. The summed E-state index contributed by atoms with van der Waals surface area (Å²) in [4.78, 5) is 23.3. The van der Waals surface area contributed by atoms with Crippen LogP contribution in [-0.2, 0) is 15.4 Å². The second kappa shape index (κ2) is 7.07. The number of esters is 1. The molecule has 0 unspecified atom stereocenters. The minimum Gasteiger partial charge on any atom is -0.460 e. The Labute approximate surface area is 106 Å². The van der Waals surface area contributed by atoms with Gasteiger partial charge in [-0.1, -0.05) is 37.6 Å². The summed E-state index contributed by atoms with van der Waals surface area (Å²) >= 11 is 5.70. The lowest BCUT2D eigenvalue weighted by molar-refractivity contribution is -0.138. The van der Waals surface area contributed by atoms with Gasteiger partial charge in [-0.25, -0.2) is 4.79 Å². The quantitative estimate of drug-likeness (QED) is 0.258. The molecule has 0 N–H and O–H groups in total. The van der Waals surface area contributed by atoms with Crippen molar-refractivity contribution in [1.82, 2.24) is 0 Å². The van der Waals surface area contributed by atoms with E-state index in [-0.39, 0.29) is 12.5 Å². The average molecular weight is 255 g/mol. The van der Waals surface area contributed by atoms with Gasteiger partial charge in [-0.05, 0) is 12.0 Å². The molecule has 0 spiro atoms. The molecule has 4 heteroatoms. The van der Waals surface area contributed by atoms with Gasteiger partial charge in [-0.3, -0.25) is 4.79 Å². The van der Waals surface area contributed by atoms with Crippen molar-refractivity contribution in [2.75, 3.05) is 6.61 Å². The lowest BCUT2D eigenvalue weighted by Gasteiger charge is -2.06. The van der Waals surface area contributed by atoms with Crippen molar-refractivity contribution in [3.63, 3.8) is 0 Å². The summed E-state index contributed by atoms with van der Waals surface area (Å²) in [6, 6.07) is 6.78. The number of carbonyl (C=O) groups excluding carboxylic acids is 2. The van der Waals surface area contributed by atoms with Gasteiger partial charge < -0.3 is 4.74 Å². The molecular weight excluding hydrogens is 240 g/mol. The van der Waals surface area contributed by atoms with E-state index in [2.05, 4.69) is 0 Å². The van der Waals surface area contributed by atoms with E-state index in [1.54, 1.807) is 24.3 Å². The number of ether oxygens (including phenoxy) is 1. The molecule has 0 aliphatic rings. The molecular formula is C13H15ClO3. The molecule has 1 rings (SSSR count). The van der Waals surface area contributed by atoms with Gasteiger partial charge in [-0.2, -0.15) is 0 Å². The molecule has 0 aliphatic carbocycles. The van der Waals surface area contributed by atoms with Crippen molar-refractivity contribution < 1.29 is 14.3 Å². The zero-order chi connectivity index (χ0) is 12.7. The van der Waals surface area contributed by atoms with Crippen LogP contribution < -0.4 is 0 Å². The molecule has 0 amide bonds. The number of benzene rings is 1. The molecule has 1 aromatic carbocycles. The fourth-order valence-electron chi connectivity index (χ4n) is 1.34. The van der Waals surface area contributed by atoms with Crippen molar-refractivity contribution in [3.8, 4) is 0 Å². The van der Waals surface area contributed by atoms with E-state index in [0.29, 0.717) is 11.1 Å². The van der Waals surface area contributed by atoms with Gasteiger partial charge in [0, 0.05) is 11.4 Å². The minimum atomic E-state index is -0.809. The van der Waals surface area contributed by atoms with Crippen LogP contribution in [0.1, 0.15) is 35.7 Å². The topological polar surface area (TPSA) is 43.4 Å². The number of halogens is 1. The molecule has 0 atom stereocenters. The monoisotopic (exact) mass is 254 g/mol. The second-order valence-electron chi connectivity index (χ2n) is 3.61. The minimum absolute atomic E-state index is 0.199. The molecule has 0 fully saturated rings. The van der Waals surface area contributed by atoms with Gasteiger partial charge in [0.25, 0.3) is 5.78 Å². The summed E-state index contributed by atoms with van der Waals surface area (Å²) < 4.78 is 4.87. The number of rotatable bonds is 6. The van der Waals surface area contributed by atoms with Gasteiger partial charge in [0.05, 0.1) is 6.61 Å². The number of alkyl halides is 1. The Hall–Kier alpha value is -1.35. The van der Waals surface area contributed by atoms with Crippen LogP contribution in [0.15, 0.2) is 24.3 Å². The predicted octanol–water partition coefficient (Wildman–Crippen LogP) is 2.95. The highest BCUT2D eigenvalue weighted by atomic mass is 35.5. The third-order valence-corrected chi connectivity index (χ3v) is 2.61. The molecule has 0 radical (unpaired) electrons. The lowest BCUT2D eigenvalue weighted by atomic mass is 10.1. The van der Waals surface area contributed by atoms with Crippen LogP contribution in [0.2, 0.25) is 0 Å². The molecule has 0 bridgehead atoms. The Morgan fingerprint density at radius 1 is 1.29 bits per heavy atom. The highest BCUT2D eigenvalue weighted by molar-refractivity contribution is 6.41. The molecule has 0 saturated carbocycles. The smallest absolute Gasteiger partial charge is 0.379 e. The summed E-state index contributed by atoms with van der Waals surface area (Å²) in [5, 5.41) is 0. The summed E-state index contributed by atoms with van der Waals surface area (Å²) in [7, 11) is 0. The van der Waals surface area contributed by atoms with Crippen molar-refractivity contribution in [3.05, 3.63) is 35.4 Å². The van der Waals surface area contributed by atoms with E-state index < -0.39 is 11.8 Å². The van der Waals surface area contributed by atoms with Crippen molar-refractivity contribution in [2.45, 2.75) is 25.6 Å². The first-order chi connectivity index (χ1) is 8.20. The van der Waals surface area contributed by atoms with Gasteiger partial charge >= 0.3 is 5.97 Å². The Bertz CT molecular complexity index is 401. The van der Waals surface area contributed by atoms with Crippen LogP contribution >= 0.6 is 11.6 Å². The van der Waals surface area contributed by atoms with Crippen molar-refractivity contribution >= 4 is 23.4 Å². The van der Waals surface area contributed by atoms with Crippen molar-refractivity contribution in [1.29, 1.82) is 0 Å². The highest BCUT2D eigenvalue weighted by Crippen LogP contribution is 2.12. The normalized spacial score (nSPS) is 10.0. The fraction of sp³-hybridized carbons (Fsp3) is 0.385. The van der Waals surface area contributed by atoms with Crippen LogP contribution in [0.4, 0.5) is 0 Å². The fourth-order valence-corrected chi connectivity index (χ4v) is 1.58. The average Bonchev–Trinajstić information content (AvgIpc) is 2.38. The summed E-state index contributed by atoms with van der Waals surface area (Å²) in [5.41, 5.74) is 0.968. The van der Waals surface area contributed by atoms with Crippen molar-refractivity contribution in [2.24, 2.45) is 0 Å². The Morgan fingerprint density at radius 2 is 2.00 bits per heavy atom. The molecule has 0 heterocycles. The van der Waals surface area contributed by atoms with Gasteiger partial charge in [0.1, 0.15) is 0 Å². The van der Waals surface area contributed by atoms with E-state index in [0.717, 1.165) is 12.8 Å². The number of Topliss-reactive ketones (excluding diaryl/α,β-unsaturated/α-hetero) is 1. The maximum absolute atomic E-state index is 11.8. The molecule has 0 aromatic heterocycles. The number of unbranched alkanes of at least 4 members (excludes halogenated alkanes) is 1. The van der Waals surface area contributed by atoms with E-state index >= 15 is 0 Å². The highest BCUT2D eigenvalue weighted by Gasteiger charge is 2.20. The number of ketones is 1. The van der Waals surface area contributed by atoms with Crippen LogP contribution in [0.5, 0.6) is 0 Å². The van der Waals surface area contributed by atoms with E-state index in [9.17, 15) is 9.59 Å². The molecule has 3 nitrogen and oxygen atoms in total. The zero-order valence-electron chi connectivity index (χ0n) is 9.74. The summed E-state index contributed by atoms with van der Waals surface area (Å²) in [6.07, 6.45) is 1.68. The predicted molar refractivity (Wildman–Crippen MR) is 66.2 cm³/mol. The Kier molecular flexibility index (Phi) is 5.70. The van der Waals surface area contributed by atoms with E-state index in [1.807, 2.05) is 6.92 Å². The van der Waals surface area contributed by atoms with Gasteiger partial charge in [0.2, 0.25) is 0 Å². The van der Waals surface area contributed by atoms with E-state index in [4.69, 9.17) is 16.3 Å². The van der Waals surface area contributed by atoms with Crippen LogP contribution in [0.3, 0.4) is 0 Å². The largest absolute Gasteiger partial charge is 0.460 e. The number of hydrogen-bond acceptors (Lipinski definition) is 3. The van der Waals surface area contributed by atoms with Crippen LogP contribution in [-0.4, -0.2) is 18.4 Å². The summed E-state index contributed by atoms with van der Waals surface area (Å²) in [6.45, 7) is 2.27. The van der Waals surface area contributed by atoms with E-state index in [1.165, 1.54) is 0 Å². The van der Waals surface area contributed by atoms with Crippen LogP contribution in [0, 0.1) is 0 Å². The second-order valence-corrected chi connectivity index (χ2v) is 3.88. The van der Waals surface area contributed by atoms with Crippen LogP contribution in [0.25, 0.3) is 0 Å². The summed E-state index contributed by atoms with van der Waals surface area (Å²) in [5.74, 6) is -1.24. The molecule has 1 aromatic rings. The first-order valence-corrected chi connectivity index (χ1v) is 6.09. The third kappa shape index (κ3) is 3.86. The van der Waals surface area contributed by atoms with Gasteiger partial charge in [0.15, 0.2) is 0 Å². The zero-order valence-corrected chi connectivity index (χ0v) is 10.5. The maximum atomic E-state index is 11.8. The molecule has 17 heavy (non-hydrogen) atoms. The molecule has 0 saturated heterocycles. The maximum Gasteiger partial charge on any atom is 0.379 e. The molecule has 92 valence electrons. The SMILES string of the molecule is CCCCOC(=O)C(=O)c1ccccc1CCl. The third-order valence-electron chi connectivity index (χ3n) is 2.32. The number of carbonyl (C=O) groups is 2. The molecule has 0 aliphatic heterocycles. The Balaban J connectivity index is 2.71. The number of hydrogen-bond donors (Lipinski definition) is 0. The standard InChI is InChI=1S/C13H15ClO3/c1-2-3-8-17-13(16)12(15)11-7-5-4-6-10(11)9-14/h4-7H,2-3,8-9H2,1H3.